The average Bonchev–Trinajstić information content (AvgIpc) is 2.37. The second-order valence-electron chi connectivity index (χ2n) is 5.89. The summed E-state index contributed by atoms with van der Waals surface area (Å²) < 4.78 is 0. The largest absolute Gasteiger partial charge is 0.481 e. The van der Waals surface area contributed by atoms with Crippen LogP contribution < -0.4 is 0 Å². The molecule has 0 radical (unpaired) electrons. The van der Waals surface area contributed by atoms with Crippen LogP contribution in [0.3, 0.4) is 0 Å². The third kappa shape index (κ3) is 3.37. The summed E-state index contributed by atoms with van der Waals surface area (Å²) in [5, 5.41) is 10.1. The number of nitrogens with zero attached hydrogens (tertiary/aromatic N) is 1. The molecule has 1 heterocycles. The highest BCUT2D eigenvalue weighted by atomic mass is 79.9. The summed E-state index contributed by atoms with van der Waals surface area (Å²) in [6.45, 7) is 5.98. The summed E-state index contributed by atoms with van der Waals surface area (Å²) in [5.41, 5.74) is 3.32. The van der Waals surface area contributed by atoms with E-state index in [0.717, 1.165) is 24.8 Å². The van der Waals surface area contributed by atoms with E-state index in [1.807, 2.05) is 0 Å². The van der Waals surface area contributed by atoms with Gasteiger partial charge in [0.05, 0.1) is 5.41 Å². The average molecular weight is 326 g/mol. The number of carboxylic acids is 1. The predicted molar refractivity (Wildman–Crippen MR) is 79.5 cm³/mol. The van der Waals surface area contributed by atoms with Crippen molar-refractivity contribution in [3.05, 3.63) is 34.9 Å². The Hall–Kier alpha value is -0.870. The van der Waals surface area contributed by atoms with Crippen LogP contribution in [-0.2, 0) is 23.1 Å². The smallest absolute Gasteiger partial charge is 0.310 e. The topological polar surface area (TPSA) is 40.5 Å². The molecule has 4 heteroatoms. The van der Waals surface area contributed by atoms with E-state index in [4.69, 9.17) is 0 Å². The molecule has 1 aliphatic heterocycles. The maximum absolute atomic E-state index is 11.2. The highest BCUT2D eigenvalue weighted by molar-refractivity contribution is 9.08. The minimum atomic E-state index is -0.729. The van der Waals surface area contributed by atoms with Gasteiger partial charge in [-0.1, -0.05) is 34.1 Å². The van der Waals surface area contributed by atoms with Crippen LogP contribution in [0.25, 0.3) is 0 Å². The fourth-order valence-corrected chi connectivity index (χ4v) is 2.86. The predicted octanol–water partition coefficient (Wildman–Crippen LogP) is 3.05. The molecule has 1 aliphatic rings. The van der Waals surface area contributed by atoms with Gasteiger partial charge in [0, 0.05) is 25.0 Å². The Kier molecular flexibility index (Phi) is 4.31. The molecule has 0 unspecified atom stereocenters. The van der Waals surface area contributed by atoms with Crippen molar-refractivity contribution < 1.29 is 9.90 Å². The minimum absolute atomic E-state index is 0.598. The molecule has 0 fully saturated rings. The molecule has 0 saturated heterocycles. The molecule has 0 amide bonds. The molecule has 0 atom stereocenters. The monoisotopic (exact) mass is 325 g/mol. The SMILES string of the molecule is CC(C)(CN1CCc2ccc(CBr)cc2C1)C(=O)O. The van der Waals surface area contributed by atoms with Gasteiger partial charge in [0.2, 0.25) is 0 Å². The van der Waals surface area contributed by atoms with Crippen molar-refractivity contribution in [3.8, 4) is 0 Å². The van der Waals surface area contributed by atoms with Gasteiger partial charge in [0.25, 0.3) is 0 Å². The van der Waals surface area contributed by atoms with Crippen LogP contribution in [-0.4, -0.2) is 29.1 Å². The first-order valence-electron chi connectivity index (χ1n) is 6.55. The van der Waals surface area contributed by atoms with E-state index in [1.54, 1.807) is 13.8 Å². The normalized spacial score (nSPS) is 16.2. The number of rotatable bonds is 4. The lowest BCUT2D eigenvalue weighted by atomic mass is 9.91. The Morgan fingerprint density at radius 2 is 2.16 bits per heavy atom. The van der Waals surface area contributed by atoms with Crippen LogP contribution in [0, 0.1) is 5.41 Å². The van der Waals surface area contributed by atoms with Gasteiger partial charge in [-0.05, 0) is 37.0 Å². The summed E-state index contributed by atoms with van der Waals surface area (Å²) in [6.07, 6.45) is 1.01. The number of aliphatic carboxylic acids is 1. The van der Waals surface area contributed by atoms with E-state index >= 15 is 0 Å². The summed E-state index contributed by atoms with van der Waals surface area (Å²) in [5.74, 6) is -0.729. The molecule has 0 bridgehead atoms. The zero-order valence-electron chi connectivity index (χ0n) is 11.4. The number of carboxylic acid groups (broad SMARTS) is 1. The zero-order chi connectivity index (χ0) is 14.0. The first kappa shape index (κ1) is 14.5. The fraction of sp³-hybridized carbons (Fsp3) is 0.533. The molecule has 1 N–H and O–H groups in total. The lowest BCUT2D eigenvalue weighted by Crippen LogP contribution is -2.41. The Morgan fingerprint density at radius 1 is 1.42 bits per heavy atom. The number of hydrogen-bond donors (Lipinski definition) is 1. The van der Waals surface area contributed by atoms with Crippen LogP contribution in [0.5, 0.6) is 0 Å². The standard InChI is InChI=1S/C15H20BrNO2/c1-15(2,14(18)19)10-17-6-5-12-4-3-11(8-16)7-13(12)9-17/h3-4,7H,5-6,8-10H2,1-2H3,(H,18,19). The summed E-state index contributed by atoms with van der Waals surface area (Å²) in [4.78, 5) is 13.5. The highest BCUT2D eigenvalue weighted by Crippen LogP contribution is 2.25. The number of benzene rings is 1. The van der Waals surface area contributed by atoms with Crippen LogP contribution in [0.15, 0.2) is 18.2 Å². The minimum Gasteiger partial charge on any atom is -0.481 e. The van der Waals surface area contributed by atoms with E-state index in [1.165, 1.54) is 16.7 Å². The first-order chi connectivity index (χ1) is 8.92. The zero-order valence-corrected chi connectivity index (χ0v) is 13.0. The van der Waals surface area contributed by atoms with Crippen molar-refractivity contribution in [2.75, 3.05) is 13.1 Å². The van der Waals surface area contributed by atoms with E-state index in [2.05, 4.69) is 39.0 Å². The summed E-state index contributed by atoms with van der Waals surface area (Å²) in [6, 6.07) is 6.58. The molecule has 19 heavy (non-hydrogen) atoms. The lowest BCUT2D eigenvalue weighted by molar-refractivity contribution is -0.148. The molecule has 0 spiro atoms. The molecule has 2 rings (SSSR count). The number of halogens is 1. The number of carbonyl (C=O) groups is 1. The number of fused-ring (bicyclic) bond motifs is 1. The Balaban J connectivity index is 2.11. The quantitative estimate of drug-likeness (QED) is 0.865. The van der Waals surface area contributed by atoms with Crippen LogP contribution in [0.1, 0.15) is 30.5 Å². The maximum atomic E-state index is 11.2. The van der Waals surface area contributed by atoms with Crippen molar-refractivity contribution in [2.24, 2.45) is 5.41 Å². The van der Waals surface area contributed by atoms with Gasteiger partial charge in [-0.15, -0.1) is 0 Å². The van der Waals surface area contributed by atoms with Gasteiger partial charge >= 0.3 is 5.97 Å². The molecular formula is C15H20BrNO2. The van der Waals surface area contributed by atoms with Gasteiger partial charge < -0.3 is 5.11 Å². The maximum Gasteiger partial charge on any atom is 0.310 e. The van der Waals surface area contributed by atoms with Crippen LogP contribution in [0.2, 0.25) is 0 Å². The number of hydrogen-bond acceptors (Lipinski definition) is 2. The van der Waals surface area contributed by atoms with Gasteiger partial charge in [-0.25, -0.2) is 0 Å². The molecule has 1 aromatic carbocycles. The van der Waals surface area contributed by atoms with Crippen molar-refractivity contribution in [1.82, 2.24) is 4.90 Å². The van der Waals surface area contributed by atoms with E-state index in [-0.39, 0.29) is 0 Å². The first-order valence-corrected chi connectivity index (χ1v) is 7.67. The molecule has 0 aliphatic carbocycles. The summed E-state index contributed by atoms with van der Waals surface area (Å²) >= 11 is 3.48. The molecule has 1 aromatic rings. The highest BCUT2D eigenvalue weighted by Gasteiger charge is 2.31. The van der Waals surface area contributed by atoms with Crippen LogP contribution in [0.4, 0.5) is 0 Å². The molecule has 0 saturated carbocycles. The van der Waals surface area contributed by atoms with E-state index < -0.39 is 11.4 Å². The Morgan fingerprint density at radius 3 is 2.79 bits per heavy atom. The second kappa shape index (κ2) is 5.63. The van der Waals surface area contributed by atoms with Gasteiger partial charge in [-0.2, -0.15) is 0 Å². The third-order valence-electron chi connectivity index (χ3n) is 3.71. The molecule has 0 aromatic heterocycles. The molecular weight excluding hydrogens is 306 g/mol. The second-order valence-corrected chi connectivity index (χ2v) is 6.45. The van der Waals surface area contributed by atoms with Crippen molar-refractivity contribution in [3.63, 3.8) is 0 Å². The summed E-state index contributed by atoms with van der Waals surface area (Å²) in [7, 11) is 0. The van der Waals surface area contributed by atoms with Gasteiger partial charge in [0.1, 0.15) is 0 Å². The molecule has 104 valence electrons. The van der Waals surface area contributed by atoms with Crippen molar-refractivity contribution >= 4 is 21.9 Å². The van der Waals surface area contributed by atoms with Crippen molar-refractivity contribution in [2.45, 2.75) is 32.1 Å². The lowest BCUT2D eigenvalue weighted by Gasteiger charge is -2.33. The Bertz CT molecular complexity index is 485. The Labute approximate surface area is 122 Å². The molecule has 3 nitrogen and oxygen atoms in total. The fourth-order valence-electron chi connectivity index (χ4n) is 2.51. The van der Waals surface area contributed by atoms with Crippen molar-refractivity contribution in [1.29, 1.82) is 0 Å². The third-order valence-corrected chi connectivity index (χ3v) is 4.36. The van der Waals surface area contributed by atoms with Gasteiger partial charge in [0.15, 0.2) is 0 Å². The number of alkyl halides is 1. The van der Waals surface area contributed by atoms with E-state index in [9.17, 15) is 9.90 Å². The van der Waals surface area contributed by atoms with E-state index in [0.29, 0.717) is 6.54 Å². The van der Waals surface area contributed by atoms with Crippen LogP contribution >= 0.6 is 15.9 Å². The van der Waals surface area contributed by atoms with Gasteiger partial charge in [-0.3, -0.25) is 9.69 Å².